The maximum Gasteiger partial charge on any atom is 0.0839 e. The lowest BCUT2D eigenvalue weighted by molar-refractivity contribution is -0.143. The molecule has 1 N–H and O–H groups in total. The largest absolute Gasteiger partial charge is 0.390 e. The molecule has 0 aromatic rings. The van der Waals surface area contributed by atoms with Crippen LogP contribution >= 0.6 is 0 Å². The Balaban J connectivity index is 1.67. The van der Waals surface area contributed by atoms with Crippen molar-refractivity contribution in [3.05, 3.63) is 0 Å². The van der Waals surface area contributed by atoms with Gasteiger partial charge in [0.05, 0.1) is 24.2 Å². The Hall–Kier alpha value is -0.590. The predicted molar refractivity (Wildman–Crippen MR) is 109 cm³/mol. The molecular formula is C24H41NO2. The lowest BCUT2D eigenvalue weighted by atomic mass is 9.53. The molecule has 0 radical (unpaired) electrons. The Labute approximate surface area is 166 Å². The summed E-state index contributed by atoms with van der Waals surface area (Å²) in [6.45, 7) is 9.94. The predicted octanol–water partition coefficient (Wildman–Crippen LogP) is 5.72. The number of nitriles is 1. The highest BCUT2D eigenvalue weighted by Gasteiger charge is 2.51. The fourth-order valence-corrected chi connectivity index (χ4v) is 6.55. The van der Waals surface area contributed by atoms with Crippen LogP contribution in [0.2, 0.25) is 0 Å². The number of rotatable bonds is 6. The summed E-state index contributed by atoms with van der Waals surface area (Å²) in [7, 11) is 0. The van der Waals surface area contributed by atoms with Crippen LogP contribution < -0.4 is 0 Å². The topological polar surface area (TPSA) is 53.2 Å². The highest BCUT2D eigenvalue weighted by molar-refractivity contribution is 5.03. The van der Waals surface area contributed by atoms with E-state index in [-0.39, 0.29) is 29.0 Å². The van der Waals surface area contributed by atoms with Crippen molar-refractivity contribution in [3.63, 3.8) is 0 Å². The fourth-order valence-electron chi connectivity index (χ4n) is 6.55. The van der Waals surface area contributed by atoms with Crippen LogP contribution in [0.25, 0.3) is 0 Å². The highest BCUT2D eigenvalue weighted by Crippen LogP contribution is 2.57. The van der Waals surface area contributed by atoms with E-state index in [9.17, 15) is 10.4 Å². The number of fused-ring (bicyclic) bond motifs is 1. The molecule has 3 saturated carbocycles. The minimum absolute atomic E-state index is 0.00294. The van der Waals surface area contributed by atoms with Gasteiger partial charge in [0.2, 0.25) is 0 Å². The van der Waals surface area contributed by atoms with Gasteiger partial charge in [-0.05, 0) is 80.0 Å². The molecule has 3 fully saturated rings. The third-order valence-corrected chi connectivity index (χ3v) is 8.51. The van der Waals surface area contributed by atoms with E-state index < -0.39 is 0 Å². The molecular weight excluding hydrogens is 334 g/mol. The van der Waals surface area contributed by atoms with E-state index in [1.165, 1.54) is 44.9 Å². The van der Waals surface area contributed by atoms with E-state index in [4.69, 9.17) is 4.74 Å². The molecule has 7 unspecified atom stereocenters. The normalized spacial score (nSPS) is 44.9. The van der Waals surface area contributed by atoms with Crippen molar-refractivity contribution in [1.29, 1.82) is 5.26 Å². The number of nitrogens with zero attached hydrogens (tertiary/aromatic N) is 1. The van der Waals surface area contributed by atoms with E-state index >= 15 is 0 Å². The van der Waals surface area contributed by atoms with Crippen molar-refractivity contribution >= 4 is 0 Å². The van der Waals surface area contributed by atoms with Crippen molar-refractivity contribution in [2.75, 3.05) is 6.61 Å². The minimum Gasteiger partial charge on any atom is -0.390 e. The van der Waals surface area contributed by atoms with Crippen molar-refractivity contribution in [2.45, 2.75) is 104 Å². The Morgan fingerprint density at radius 2 is 1.96 bits per heavy atom. The van der Waals surface area contributed by atoms with Crippen molar-refractivity contribution < 1.29 is 9.84 Å². The summed E-state index contributed by atoms with van der Waals surface area (Å²) in [6.07, 6.45) is 11.5. The Morgan fingerprint density at radius 3 is 2.67 bits per heavy atom. The number of aliphatic hydroxyl groups excluding tert-OH is 1. The van der Waals surface area contributed by atoms with Gasteiger partial charge in [-0.15, -0.1) is 0 Å². The molecule has 3 aliphatic carbocycles. The summed E-state index contributed by atoms with van der Waals surface area (Å²) in [5, 5.41) is 20.2. The van der Waals surface area contributed by atoms with E-state index in [2.05, 4.69) is 33.8 Å². The SMILES string of the molecule is CC(C)COC1CC2(C)C(CCC3(C)CCCC3C#N)CCCC2CC1O. The Bertz CT molecular complexity index is 541. The van der Waals surface area contributed by atoms with Crippen molar-refractivity contribution in [3.8, 4) is 6.07 Å². The summed E-state index contributed by atoms with van der Waals surface area (Å²) >= 11 is 0. The summed E-state index contributed by atoms with van der Waals surface area (Å²) < 4.78 is 6.16. The molecule has 0 heterocycles. The van der Waals surface area contributed by atoms with E-state index in [0.717, 1.165) is 25.9 Å². The first-order valence-electron chi connectivity index (χ1n) is 11.5. The monoisotopic (exact) mass is 375 g/mol. The Kier molecular flexibility index (Phi) is 6.59. The average molecular weight is 376 g/mol. The molecule has 0 saturated heterocycles. The number of ether oxygens (including phenoxy) is 1. The molecule has 0 aromatic heterocycles. The molecule has 3 heteroatoms. The van der Waals surface area contributed by atoms with Crippen LogP contribution in [0, 0.1) is 45.8 Å². The smallest absolute Gasteiger partial charge is 0.0839 e. The summed E-state index contributed by atoms with van der Waals surface area (Å²) in [4.78, 5) is 0. The zero-order valence-corrected chi connectivity index (χ0v) is 18.0. The first kappa shape index (κ1) is 21.1. The molecule has 0 aromatic carbocycles. The molecule has 0 bridgehead atoms. The molecule has 3 rings (SSSR count). The second-order valence-electron chi connectivity index (χ2n) is 10.9. The zero-order chi connectivity index (χ0) is 19.7. The first-order valence-corrected chi connectivity index (χ1v) is 11.5. The van der Waals surface area contributed by atoms with Crippen LogP contribution in [0.1, 0.15) is 91.9 Å². The highest BCUT2D eigenvalue weighted by atomic mass is 16.5. The summed E-state index contributed by atoms with van der Waals surface area (Å²) in [6, 6.07) is 2.60. The van der Waals surface area contributed by atoms with Crippen LogP contribution in [0.4, 0.5) is 0 Å². The third-order valence-electron chi connectivity index (χ3n) is 8.51. The zero-order valence-electron chi connectivity index (χ0n) is 18.0. The fraction of sp³-hybridized carbons (Fsp3) is 0.958. The number of hydrogen-bond donors (Lipinski definition) is 1. The van der Waals surface area contributed by atoms with E-state index in [1.807, 2.05) is 0 Å². The maximum absolute atomic E-state index is 10.7. The molecule has 3 nitrogen and oxygen atoms in total. The molecule has 154 valence electrons. The molecule has 0 spiro atoms. The molecule has 27 heavy (non-hydrogen) atoms. The van der Waals surface area contributed by atoms with Gasteiger partial charge in [-0.2, -0.15) is 5.26 Å². The van der Waals surface area contributed by atoms with Crippen LogP contribution in [0.15, 0.2) is 0 Å². The van der Waals surface area contributed by atoms with Gasteiger partial charge in [-0.1, -0.05) is 40.5 Å². The number of aliphatic hydroxyl groups is 1. The quantitative estimate of drug-likeness (QED) is 0.646. The molecule has 0 aliphatic heterocycles. The average Bonchev–Trinajstić information content (AvgIpc) is 2.99. The molecule has 0 amide bonds. The van der Waals surface area contributed by atoms with Gasteiger partial charge in [-0.3, -0.25) is 0 Å². The van der Waals surface area contributed by atoms with Gasteiger partial charge >= 0.3 is 0 Å². The standard InChI is InChI=1S/C24H41NO2/c1-17(2)16-27-22-14-24(4)18(7-5-8-19(24)13-21(22)26)10-12-23(3)11-6-9-20(23)15-25/h17-22,26H,5-14,16H2,1-4H3. The van der Waals surface area contributed by atoms with Gasteiger partial charge in [-0.25, -0.2) is 0 Å². The maximum atomic E-state index is 10.7. The second kappa shape index (κ2) is 8.42. The summed E-state index contributed by atoms with van der Waals surface area (Å²) in [5.74, 6) is 2.11. The van der Waals surface area contributed by atoms with Crippen molar-refractivity contribution in [2.24, 2.45) is 34.5 Å². The van der Waals surface area contributed by atoms with Crippen LogP contribution in [0.3, 0.4) is 0 Å². The van der Waals surface area contributed by atoms with Gasteiger partial charge < -0.3 is 9.84 Å². The van der Waals surface area contributed by atoms with Gasteiger partial charge in [0.15, 0.2) is 0 Å². The van der Waals surface area contributed by atoms with E-state index in [0.29, 0.717) is 17.8 Å². The van der Waals surface area contributed by atoms with Crippen molar-refractivity contribution in [1.82, 2.24) is 0 Å². The van der Waals surface area contributed by atoms with Gasteiger partial charge in [0.1, 0.15) is 0 Å². The second-order valence-corrected chi connectivity index (χ2v) is 10.9. The minimum atomic E-state index is -0.295. The lowest BCUT2D eigenvalue weighted by Gasteiger charge is -2.54. The van der Waals surface area contributed by atoms with Gasteiger partial charge in [0.25, 0.3) is 0 Å². The molecule has 3 aliphatic rings. The Morgan fingerprint density at radius 1 is 1.19 bits per heavy atom. The number of hydrogen-bond acceptors (Lipinski definition) is 3. The van der Waals surface area contributed by atoms with Crippen LogP contribution in [-0.4, -0.2) is 23.9 Å². The van der Waals surface area contributed by atoms with Crippen LogP contribution in [0.5, 0.6) is 0 Å². The summed E-state index contributed by atoms with van der Waals surface area (Å²) in [5.41, 5.74) is 0.510. The van der Waals surface area contributed by atoms with E-state index in [1.54, 1.807) is 0 Å². The van der Waals surface area contributed by atoms with Gasteiger partial charge in [0, 0.05) is 6.61 Å². The first-order chi connectivity index (χ1) is 12.8. The van der Waals surface area contributed by atoms with Crippen LogP contribution in [-0.2, 0) is 4.74 Å². The lowest BCUT2D eigenvalue weighted by Crippen LogP contribution is -2.51. The molecule has 7 atom stereocenters. The third kappa shape index (κ3) is 4.38.